The second kappa shape index (κ2) is 10.2. The molecule has 0 radical (unpaired) electrons. The van der Waals surface area contributed by atoms with E-state index in [1.807, 2.05) is 6.92 Å². The number of aryl methyl sites for hydroxylation is 1. The summed E-state index contributed by atoms with van der Waals surface area (Å²) in [7, 11) is -3.71. The highest BCUT2D eigenvalue weighted by Crippen LogP contribution is 2.12. The lowest BCUT2D eigenvalue weighted by Crippen LogP contribution is -2.12. The third-order valence-corrected chi connectivity index (χ3v) is 3.34. The number of hydrogen-bond donors (Lipinski definition) is 1. The molecule has 0 amide bonds. The summed E-state index contributed by atoms with van der Waals surface area (Å²) in [6, 6.07) is 6.41. The van der Waals surface area contributed by atoms with E-state index in [-0.39, 0.29) is 31.3 Å². The topological polar surface area (TPSA) is 132 Å². The van der Waals surface area contributed by atoms with Crippen molar-refractivity contribution in [2.24, 2.45) is 0 Å². The normalized spacial score (nSPS) is 10.3. The van der Waals surface area contributed by atoms with Gasteiger partial charge in [-0.25, -0.2) is 0 Å². The molecule has 9 heteroatoms. The maximum atomic E-state index is 11.6. The summed E-state index contributed by atoms with van der Waals surface area (Å²) < 4.78 is 33.0. The highest BCUT2D eigenvalue weighted by molar-refractivity contribution is 7.86. The van der Waals surface area contributed by atoms with Crippen molar-refractivity contribution in [3.63, 3.8) is 0 Å². The third-order valence-electron chi connectivity index (χ3n) is 2.01. The fourth-order valence-electron chi connectivity index (χ4n) is 1.14. The molecule has 0 aliphatic carbocycles. The summed E-state index contributed by atoms with van der Waals surface area (Å²) in [4.78, 5) is 1.63. The van der Waals surface area contributed by atoms with Crippen molar-refractivity contribution in [2.45, 2.75) is 11.8 Å². The monoisotopic (exact) mass is 302 g/mol. The van der Waals surface area contributed by atoms with E-state index in [1.165, 1.54) is 17.0 Å². The van der Waals surface area contributed by atoms with Crippen LogP contribution in [-0.4, -0.2) is 40.0 Å². The van der Waals surface area contributed by atoms with Crippen LogP contribution in [0.1, 0.15) is 5.56 Å². The Morgan fingerprint density at radius 3 is 2.20 bits per heavy atom. The van der Waals surface area contributed by atoms with Gasteiger partial charge in [0.15, 0.2) is 0 Å². The van der Waals surface area contributed by atoms with E-state index in [1.54, 1.807) is 12.1 Å². The highest BCUT2D eigenvalue weighted by atomic mass is 32.2. The van der Waals surface area contributed by atoms with E-state index in [0.29, 0.717) is 0 Å². The maximum absolute atomic E-state index is 11.6. The first kappa shape index (κ1) is 18.4. The lowest BCUT2D eigenvalue weighted by Gasteiger charge is -2.06. The Hall–Kier alpha value is -1.64. The molecule has 0 fully saturated rings. The van der Waals surface area contributed by atoms with E-state index in [9.17, 15) is 8.42 Å². The van der Waals surface area contributed by atoms with Gasteiger partial charge in [-0.1, -0.05) is 17.7 Å². The fraction of sp³-hybridized carbons (Fsp3) is 0.455. The van der Waals surface area contributed by atoms with Gasteiger partial charge >= 0.3 is 0 Å². The van der Waals surface area contributed by atoms with Crippen LogP contribution < -0.4 is 0 Å². The molecule has 0 bridgehead atoms. The minimum atomic E-state index is -3.71. The molecule has 112 valence electrons. The van der Waals surface area contributed by atoms with Crippen LogP contribution in [0, 0.1) is 6.92 Å². The molecule has 0 aliphatic rings. The predicted molar refractivity (Wildman–Crippen MR) is 72.3 cm³/mol. The number of aliphatic hydroxyl groups is 1. The van der Waals surface area contributed by atoms with Gasteiger partial charge in [0.1, 0.15) is 0 Å². The van der Waals surface area contributed by atoms with Gasteiger partial charge in [0.25, 0.3) is 10.1 Å². The first-order valence-corrected chi connectivity index (χ1v) is 7.02. The number of ether oxygens (including phenoxy) is 1. The number of benzene rings is 1. The molecule has 1 aromatic carbocycles. The van der Waals surface area contributed by atoms with Crippen LogP contribution in [0.2, 0.25) is 0 Å². The Balaban J connectivity index is 0.00000110. The molecule has 0 heterocycles. The Bertz CT molecular complexity index is 509. The smallest absolute Gasteiger partial charge is 0.297 e. The van der Waals surface area contributed by atoms with Crippen LogP contribution in [0.4, 0.5) is 0 Å². The van der Waals surface area contributed by atoms with Gasteiger partial charge in [0.05, 0.1) is 31.3 Å². The van der Waals surface area contributed by atoms with Gasteiger partial charge in [-0.15, -0.1) is 0 Å². The minimum Gasteiger partial charge on any atom is -0.394 e. The zero-order chi connectivity index (χ0) is 15.4. The summed E-state index contributed by atoms with van der Waals surface area (Å²) >= 11 is 0. The molecule has 8 nitrogen and oxygen atoms in total. The highest BCUT2D eigenvalue weighted by Gasteiger charge is 2.14. The van der Waals surface area contributed by atoms with E-state index in [4.69, 9.17) is 25.1 Å². The van der Waals surface area contributed by atoms with Crippen LogP contribution in [0.15, 0.2) is 29.2 Å². The average Bonchev–Trinajstić information content (AvgIpc) is 2.40. The molecular weight excluding hydrogens is 286 g/mol. The van der Waals surface area contributed by atoms with E-state index in [2.05, 4.69) is 0 Å². The zero-order valence-corrected chi connectivity index (χ0v) is 11.8. The van der Waals surface area contributed by atoms with Crippen molar-refractivity contribution in [1.29, 1.82) is 0 Å². The summed E-state index contributed by atoms with van der Waals surface area (Å²) in [5.74, 6) is 0. The van der Waals surface area contributed by atoms with Gasteiger partial charge < -0.3 is 20.9 Å². The molecule has 1 rings (SSSR count). The summed E-state index contributed by atoms with van der Waals surface area (Å²) in [6.45, 7) is 2.03. The summed E-state index contributed by atoms with van der Waals surface area (Å²) in [6.07, 6.45) is 0. The molecular formula is C11H16N3O5S-. The molecule has 0 aliphatic heterocycles. The van der Waals surface area contributed by atoms with Crippen LogP contribution in [0.3, 0.4) is 0 Å². The Kier molecular flexibility index (Phi) is 9.35. The summed E-state index contributed by atoms with van der Waals surface area (Å²) in [5.41, 5.74) is 14.5. The van der Waals surface area contributed by atoms with Crippen LogP contribution in [0.25, 0.3) is 16.0 Å². The minimum absolute atomic E-state index is 0.0593. The van der Waals surface area contributed by atoms with Crippen LogP contribution in [0.5, 0.6) is 0 Å². The Morgan fingerprint density at radius 1 is 1.15 bits per heavy atom. The van der Waals surface area contributed by atoms with Crippen molar-refractivity contribution < 1.29 is 22.4 Å². The molecule has 0 saturated heterocycles. The lowest BCUT2D eigenvalue weighted by molar-refractivity contribution is 0.0719. The second-order valence-electron chi connectivity index (χ2n) is 3.51. The van der Waals surface area contributed by atoms with Gasteiger partial charge in [0, 0.05) is 0 Å². The molecule has 0 aromatic heterocycles. The predicted octanol–water partition coefficient (Wildman–Crippen LogP) is 1.58. The number of hydrogen-bond acceptors (Lipinski definition) is 5. The van der Waals surface area contributed by atoms with E-state index >= 15 is 0 Å². The molecule has 0 saturated carbocycles. The van der Waals surface area contributed by atoms with Crippen molar-refractivity contribution in [3.05, 3.63) is 45.8 Å². The first-order chi connectivity index (χ1) is 9.47. The van der Waals surface area contributed by atoms with Crippen molar-refractivity contribution >= 4 is 10.1 Å². The Labute approximate surface area is 117 Å². The molecule has 0 spiro atoms. The number of aliphatic hydroxyl groups excluding tert-OH is 1. The van der Waals surface area contributed by atoms with Crippen molar-refractivity contribution in [1.82, 2.24) is 0 Å². The molecule has 0 atom stereocenters. The largest absolute Gasteiger partial charge is 0.394 e. The number of nitrogens with zero attached hydrogens (tertiary/aromatic N) is 3. The van der Waals surface area contributed by atoms with Crippen LogP contribution >= 0.6 is 0 Å². The number of rotatable bonds is 7. The molecule has 0 unspecified atom stereocenters. The SMILES string of the molecule is Cc1ccc(S(=O)(=O)OCCOCCO)cc1.[N-]=[N+]=[N-]. The first-order valence-electron chi connectivity index (χ1n) is 5.61. The molecule has 1 N–H and O–H groups in total. The van der Waals surface area contributed by atoms with Crippen molar-refractivity contribution in [3.8, 4) is 0 Å². The molecule has 1 aromatic rings. The van der Waals surface area contributed by atoms with E-state index < -0.39 is 10.1 Å². The Morgan fingerprint density at radius 2 is 1.70 bits per heavy atom. The third kappa shape index (κ3) is 7.72. The quantitative estimate of drug-likeness (QED) is 0.268. The van der Waals surface area contributed by atoms with E-state index in [0.717, 1.165) is 5.56 Å². The zero-order valence-electron chi connectivity index (χ0n) is 11.0. The van der Waals surface area contributed by atoms with Crippen LogP contribution in [-0.2, 0) is 19.0 Å². The van der Waals surface area contributed by atoms with Gasteiger partial charge in [0.2, 0.25) is 0 Å². The summed E-state index contributed by atoms with van der Waals surface area (Å²) in [5, 5.41) is 8.45. The lowest BCUT2D eigenvalue weighted by atomic mass is 10.2. The maximum Gasteiger partial charge on any atom is 0.297 e. The van der Waals surface area contributed by atoms with Crippen molar-refractivity contribution in [2.75, 3.05) is 26.4 Å². The standard InChI is InChI=1S/C11H16O5S.N3/c1-10-2-4-11(5-3-10)17(13,14)16-9-8-15-7-6-12;1-3-2/h2-5,12H,6-9H2,1H3;/q;-1. The fourth-order valence-corrected chi connectivity index (χ4v) is 2.04. The molecule has 20 heavy (non-hydrogen) atoms. The average molecular weight is 302 g/mol. The van der Waals surface area contributed by atoms with Gasteiger partial charge in [-0.2, -0.15) is 8.42 Å². The second-order valence-corrected chi connectivity index (χ2v) is 5.13. The van der Waals surface area contributed by atoms with Gasteiger partial charge in [-0.05, 0) is 19.1 Å². The van der Waals surface area contributed by atoms with Gasteiger partial charge in [-0.3, -0.25) is 9.09 Å².